The van der Waals surface area contributed by atoms with Gasteiger partial charge in [0.05, 0.1) is 6.54 Å². The third-order valence-electron chi connectivity index (χ3n) is 3.48. The number of nitrogens with zero attached hydrogens (tertiary/aromatic N) is 1. The van der Waals surface area contributed by atoms with Gasteiger partial charge < -0.3 is 10.2 Å². The number of hydrogen-bond donors (Lipinski definition) is 1. The SMILES string of the molecule is CNCc1ccc(N(Cc2cccs2)C(C)C)c(C)c1. The highest BCUT2D eigenvalue weighted by Crippen LogP contribution is 2.26. The fourth-order valence-electron chi connectivity index (χ4n) is 2.47. The lowest BCUT2D eigenvalue weighted by Gasteiger charge is -2.30. The predicted molar refractivity (Wildman–Crippen MR) is 89.6 cm³/mol. The summed E-state index contributed by atoms with van der Waals surface area (Å²) in [7, 11) is 1.99. The van der Waals surface area contributed by atoms with Crippen LogP contribution in [0.5, 0.6) is 0 Å². The molecule has 0 saturated heterocycles. The quantitative estimate of drug-likeness (QED) is 0.857. The van der Waals surface area contributed by atoms with Gasteiger partial charge in [-0.25, -0.2) is 0 Å². The first kappa shape index (κ1) is 15.1. The minimum absolute atomic E-state index is 0.492. The van der Waals surface area contributed by atoms with Crippen LogP contribution in [-0.2, 0) is 13.1 Å². The molecule has 2 aromatic rings. The number of hydrogen-bond acceptors (Lipinski definition) is 3. The molecule has 3 heteroatoms. The van der Waals surface area contributed by atoms with Crippen LogP contribution in [0.25, 0.3) is 0 Å². The Bertz CT molecular complexity index is 532. The molecule has 0 fully saturated rings. The van der Waals surface area contributed by atoms with Gasteiger partial charge in [0.15, 0.2) is 0 Å². The van der Waals surface area contributed by atoms with Gasteiger partial charge in [0.25, 0.3) is 0 Å². The van der Waals surface area contributed by atoms with Crippen molar-refractivity contribution in [3.8, 4) is 0 Å². The lowest BCUT2D eigenvalue weighted by Crippen LogP contribution is -2.30. The first-order valence-electron chi connectivity index (χ1n) is 7.15. The summed E-state index contributed by atoms with van der Waals surface area (Å²) in [5.41, 5.74) is 4.03. The second-order valence-corrected chi connectivity index (χ2v) is 6.48. The number of benzene rings is 1. The fraction of sp³-hybridized carbons (Fsp3) is 0.412. The van der Waals surface area contributed by atoms with Crippen LogP contribution in [0.3, 0.4) is 0 Å². The maximum absolute atomic E-state index is 3.21. The van der Waals surface area contributed by atoms with Crippen molar-refractivity contribution in [1.82, 2.24) is 5.32 Å². The summed E-state index contributed by atoms with van der Waals surface area (Å²) in [6, 6.07) is 11.6. The molecule has 1 aromatic heterocycles. The molecular formula is C17H24N2S. The van der Waals surface area contributed by atoms with Crippen molar-refractivity contribution in [3.63, 3.8) is 0 Å². The van der Waals surface area contributed by atoms with Crippen LogP contribution in [0.2, 0.25) is 0 Å². The second-order valence-electron chi connectivity index (χ2n) is 5.45. The van der Waals surface area contributed by atoms with Crippen LogP contribution in [0, 0.1) is 6.92 Å². The van der Waals surface area contributed by atoms with Crippen LogP contribution in [0.4, 0.5) is 5.69 Å². The Balaban J connectivity index is 2.25. The average Bonchev–Trinajstić information content (AvgIpc) is 2.90. The van der Waals surface area contributed by atoms with Crippen LogP contribution < -0.4 is 10.2 Å². The summed E-state index contributed by atoms with van der Waals surface area (Å²) in [5.74, 6) is 0. The fourth-order valence-corrected chi connectivity index (χ4v) is 3.17. The van der Waals surface area contributed by atoms with E-state index in [1.807, 2.05) is 18.4 Å². The Morgan fingerprint density at radius 2 is 2.05 bits per heavy atom. The maximum Gasteiger partial charge on any atom is 0.0525 e. The summed E-state index contributed by atoms with van der Waals surface area (Å²) in [6.07, 6.45) is 0. The third kappa shape index (κ3) is 3.62. The van der Waals surface area contributed by atoms with Gasteiger partial charge in [-0.2, -0.15) is 0 Å². The second kappa shape index (κ2) is 6.91. The van der Waals surface area contributed by atoms with Gasteiger partial charge in [-0.1, -0.05) is 18.2 Å². The van der Waals surface area contributed by atoms with E-state index in [9.17, 15) is 0 Å². The van der Waals surface area contributed by atoms with Crippen molar-refractivity contribution >= 4 is 17.0 Å². The molecule has 0 saturated carbocycles. The van der Waals surface area contributed by atoms with Crippen molar-refractivity contribution in [2.24, 2.45) is 0 Å². The third-order valence-corrected chi connectivity index (χ3v) is 4.34. The van der Waals surface area contributed by atoms with Gasteiger partial charge in [-0.15, -0.1) is 11.3 Å². The largest absolute Gasteiger partial charge is 0.364 e. The number of thiophene rings is 1. The van der Waals surface area contributed by atoms with E-state index in [1.54, 1.807) is 0 Å². The van der Waals surface area contributed by atoms with Crippen molar-refractivity contribution < 1.29 is 0 Å². The van der Waals surface area contributed by atoms with E-state index >= 15 is 0 Å². The molecule has 0 aliphatic carbocycles. The Hall–Kier alpha value is -1.32. The van der Waals surface area contributed by atoms with Crippen molar-refractivity contribution in [1.29, 1.82) is 0 Å². The summed E-state index contributed by atoms with van der Waals surface area (Å²) in [4.78, 5) is 3.89. The lowest BCUT2D eigenvalue weighted by molar-refractivity contribution is 0.684. The van der Waals surface area contributed by atoms with E-state index in [0.29, 0.717) is 6.04 Å². The van der Waals surface area contributed by atoms with E-state index in [1.165, 1.54) is 21.7 Å². The van der Waals surface area contributed by atoms with E-state index in [4.69, 9.17) is 0 Å². The molecule has 108 valence electrons. The van der Waals surface area contributed by atoms with E-state index in [2.05, 4.69) is 66.7 Å². The van der Waals surface area contributed by atoms with Gasteiger partial charge in [-0.05, 0) is 56.5 Å². The molecule has 0 bridgehead atoms. The molecule has 1 heterocycles. The number of nitrogens with one attached hydrogen (secondary N) is 1. The van der Waals surface area contributed by atoms with Crippen LogP contribution in [0.1, 0.15) is 29.9 Å². The van der Waals surface area contributed by atoms with E-state index in [0.717, 1.165) is 13.1 Å². The highest BCUT2D eigenvalue weighted by Gasteiger charge is 2.14. The number of aryl methyl sites for hydroxylation is 1. The monoisotopic (exact) mass is 288 g/mol. The first-order valence-corrected chi connectivity index (χ1v) is 8.03. The van der Waals surface area contributed by atoms with Gasteiger partial charge in [0.1, 0.15) is 0 Å². The number of anilines is 1. The molecule has 0 aliphatic rings. The Morgan fingerprint density at radius 3 is 2.60 bits per heavy atom. The first-order chi connectivity index (χ1) is 9.61. The molecule has 0 atom stereocenters. The zero-order valence-corrected chi connectivity index (χ0v) is 13.6. The summed E-state index contributed by atoms with van der Waals surface area (Å²) in [5, 5.41) is 5.36. The minimum Gasteiger partial charge on any atom is -0.364 e. The highest BCUT2D eigenvalue weighted by atomic mass is 32.1. The van der Waals surface area contributed by atoms with Gasteiger partial charge in [0, 0.05) is 23.2 Å². The van der Waals surface area contributed by atoms with Gasteiger partial charge in [-0.3, -0.25) is 0 Å². The van der Waals surface area contributed by atoms with Crippen LogP contribution in [0.15, 0.2) is 35.7 Å². The summed E-state index contributed by atoms with van der Waals surface area (Å²) in [6.45, 7) is 8.64. The van der Waals surface area contributed by atoms with Crippen molar-refractivity contribution in [2.75, 3.05) is 11.9 Å². The highest BCUT2D eigenvalue weighted by molar-refractivity contribution is 7.09. The lowest BCUT2D eigenvalue weighted by atomic mass is 10.1. The molecule has 0 spiro atoms. The Kier molecular flexibility index (Phi) is 5.21. The standard InChI is InChI=1S/C17H24N2S/c1-13(2)19(12-16-6-5-9-20-16)17-8-7-15(11-18-4)10-14(17)3/h5-10,13,18H,11-12H2,1-4H3. The smallest absolute Gasteiger partial charge is 0.0525 e. The summed E-state index contributed by atoms with van der Waals surface area (Å²) < 4.78 is 0. The zero-order valence-electron chi connectivity index (χ0n) is 12.8. The predicted octanol–water partition coefficient (Wildman–Crippen LogP) is 4.19. The zero-order chi connectivity index (χ0) is 14.5. The number of rotatable bonds is 6. The average molecular weight is 288 g/mol. The molecule has 2 rings (SSSR count). The molecule has 0 unspecified atom stereocenters. The summed E-state index contributed by atoms with van der Waals surface area (Å²) >= 11 is 1.83. The molecule has 1 aromatic carbocycles. The Labute approximate surface area is 126 Å². The van der Waals surface area contributed by atoms with Crippen molar-refractivity contribution in [3.05, 3.63) is 51.7 Å². The molecule has 0 radical (unpaired) electrons. The molecule has 0 amide bonds. The van der Waals surface area contributed by atoms with E-state index < -0.39 is 0 Å². The molecule has 0 aliphatic heterocycles. The minimum atomic E-state index is 0.492. The molecule has 2 nitrogen and oxygen atoms in total. The molecule has 20 heavy (non-hydrogen) atoms. The van der Waals surface area contributed by atoms with Crippen LogP contribution >= 0.6 is 11.3 Å². The normalized spacial score (nSPS) is 11.1. The van der Waals surface area contributed by atoms with Gasteiger partial charge in [0.2, 0.25) is 0 Å². The molecular weight excluding hydrogens is 264 g/mol. The topological polar surface area (TPSA) is 15.3 Å². The Morgan fingerprint density at radius 1 is 1.25 bits per heavy atom. The maximum atomic E-state index is 3.21. The van der Waals surface area contributed by atoms with Crippen molar-refractivity contribution in [2.45, 2.75) is 39.9 Å². The van der Waals surface area contributed by atoms with Gasteiger partial charge >= 0.3 is 0 Å². The van der Waals surface area contributed by atoms with E-state index in [-0.39, 0.29) is 0 Å². The molecule has 1 N–H and O–H groups in total. The van der Waals surface area contributed by atoms with Crippen LogP contribution in [-0.4, -0.2) is 13.1 Å².